The summed E-state index contributed by atoms with van der Waals surface area (Å²) in [6, 6.07) is 10.9. The number of allylic oxidation sites excluding steroid dienone is 1. The fourth-order valence-corrected chi connectivity index (χ4v) is 5.52. The van der Waals surface area contributed by atoms with E-state index in [4.69, 9.17) is 21.1 Å². The molecule has 0 radical (unpaired) electrons. The van der Waals surface area contributed by atoms with Crippen LogP contribution in [0.5, 0.6) is 11.5 Å². The predicted molar refractivity (Wildman–Crippen MR) is 133 cm³/mol. The van der Waals surface area contributed by atoms with Gasteiger partial charge in [0.2, 0.25) is 5.91 Å². The summed E-state index contributed by atoms with van der Waals surface area (Å²) < 4.78 is 12.9. The minimum Gasteiger partial charge on any atom is -0.486 e. The van der Waals surface area contributed by atoms with Crippen LogP contribution in [-0.2, 0) is 11.3 Å². The number of halogens is 1. The lowest BCUT2D eigenvalue weighted by atomic mass is 10.0. The van der Waals surface area contributed by atoms with E-state index in [9.17, 15) is 9.59 Å². The second-order valence-corrected chi connectivity index (χ2v) is 9.58. The van der Waals surface area contributed by atoms with Crippen LogP contribution in [0.1, 0.15) is 24.4 Å². The molecular weight excluding hydrogens is 474 g/mol. The van der Waals surface area contributed by atoms with E-state index in [0.717, 1.165) is 29.9 Å². The second kappa shape index (κ2) is 9.72. The lowest BCUT2D eigenvalue weighted by molar-refractivity contribution is -0.129. The third kappa shape index (κ3) is 4.40. The molecule has 1 amide bonds. The van der Waals surface area contributed by atoms with Crippen LogP contribution in [0.4, 0.5) is 0 Å². The summed E-state index contributed by atoms with van der Waals surface area (Å²) in [6.07, 6.45) is 3.47. The molecule has 0 saturated carbocycles. The Hall–Kier alpha value is -2.97. The number of aromatic nitrogens is 2. The molecule has 2 aliphatic rings. The standard InChI is InChI=1S/C25H24ClN3O4S/c1-2-9-29-24(31)18-7-6-17(26)14-19(18)27-25(29)34-15-23(30)28-10-3-4-20(28)16-5-8-21-22(13-16)33-12-11-32-21/h2,5-8,13-14,20H,1,3-4,9-12,15H2/t20-/m0/s1. The molecule has 5 rings (SSSR count). The number of likely N-dealkylation sites (tertiary alicyclic amines) is 1. The zero-order chi connectivity index (χ0) is 23.7. The van der Waals surface area contributed by atoms with Gasteiger partial charge >= 0.3 is 0 Å². The Labute approximate surface area is 206 Å². The molecule has 0 aliphatic carbocycles. The molecule has 34 heavy (non-hydrogen) atoms. The van der Waals surface area contributed by atoms with Gasteiger partial charge in [-0.25, -0.2) is 4.98 Å². The molecule has 0 spiro atoms. The van der Waals surface area contributed by atoms with Gasteiger partial charge in [0.25, 0.3) is 5.56 Å². The fourth-order valence-electron chi connectivity index (χ4n) is 4.46. The first-order valence-corrected chi connectivity index (χ1v) is 12.5. The van der Waals surface area contributed by atoms with Crippen LogP contribution in [0.25, 0.3) is 10.9 Å². The van der Waals surface area contributed by atoms with Crippen LogP contribution in [0, 0.1) is 0 Å². The lowest BCUT2D eigenvalue weighted by Gasteiger charge is -2.26. The van der Waals surface area contributed by atoms with Crippen molar-refractivity contribution >= 4 is 40.2 Å². The van der Waals surface area contributed by atoms with Crippen molar-refractivity contribution in [2.24, 2.45) is 0 Å². The molecule has 1 fully saturated rings. The van der Waals surface area contributed by atoms with Gasteiger partial charge in [0.05, 0.1) is 22.7 Å². The molecule has 3 aromatic rings. The van der Waals surface area contributed by atoms with Gasteiger partial charge in [-0.05, 0) is 48.7 Å². The zero-order valence-corrected chi connectivity index (χ0v) is 20.1. The molecule has 0 N–H and O–H groups in total. The Morgan fingerprint density at radius 3 is 2.85 bits per heavy atom. The maximum atomic E-state index is 13.3. The van der Waals surface area contributed by atoms with Crippen LogP contribution in [0.3, 0.4) is 0 Å². The summed E-state index contributed by atoms with van der Waals surface area (Å²) in [5, 5.41) is 1.47. The summed E-state index contributed by atoms with van der Waals surface area (Å²) >= 11 is 7.37. The molecule has 3 heterocycles. The van der Waals surface area contributed by atoms with Crippen molar-refractivity contribution in [1.82, 2.24) is 14.5 Å². The zero-order valence-electron chi connectivity index (χ0n) is 18.5. The number of hydrogen-bond acceptors (Lipinski definition) is 6. The third-order valence-electron chi connectivity index (χ3n) is 6.04. The number of fused-ring (bicyclic) bond motifs is 2. The number of thioether (sulfide) groups is 1. The Bertz CT molecular complexity index is 1330. The highest BCUT2D eigenvalue weighted by Crippen LogP contribution is 2.38. The number of carbonyl (C=O) groups is 1. The van der Waals surface area contributed by atoms with E-state index in [-0.39, 0.29) is 23.3 Å². The van der Waals surface area contributed by atoms with E-state index in [1.807, 2.05) is 23.1 Å². The van der Waals surface area contributed by atoms with E-state index in [2.05, 4.69) is 11.6 Å². The molecule has 0 unspecified atom stereocenters. The maximum Gasteiger partial charge on any atom is 0.262 e. The average molecular weight is 498 g/mol. The topological polar surface area (TPSA) is 73.7 Å². The smallest absolute Gasteiger partial charge is 0.262 e. The summed E-state index contributed by atoms with van der Waals surface area (Å²) in [5.41, 5.74) is 1.39. The molecule has 2 aliphatic heterocycles. The largest absolute Gasteiger partial charge is 0.486 e. The van der Waals surface area contributed by atoms with Gasteiger partial charge in [-0.15, -0.1) is 6.58 Å². The van der Waals surface area contributed by atoms with Gasteiger partial charge < -0.3 is 14.4 Å². The molecular formula is C25H24ClN3O4S. The van der Waals surface area contributed by atoms with Crippen molar-refractivity contribution < 1.29 is 14.3 Å². The Balaban J connectivity index is 1.37. The SMILES string of the molecule is C=CCn1c(SCC(=O)N2CCC[C@H]2c2ccc3c(c2)OCCO3)nc2cc(Cl)ccc2c1=O. The molecule has 9 heteroatoms. The Kier molecular flexibility index (Phi) is 6.52. The first kappa shape index (κ1) is 22.8. The number of amides is 1. The molecule has 0 bridgehead atoms. The maximum absolute atomic E-state index is 13.3. The van der Waals surface area contributed by atoms with Gasteiger partial charge in [-0.2, -0.15) is 0 Å². The minimum atomic E-state index is -0.174. The van der Waals surface area contributed by atoms with Crippen LogP contribution >= 0.6 is 23.4 Å². The Morgan fingerprint density at radius 2 is 2.03 bits per heavy atom. The van der Waals surface area contributed by atoms with Crippen molar-refractivity contribution in [2.75, 3.05) is 25.5 Å². The van der Waals surface area contributed by atoms with Gasteiger partial charge in [-0.3, -0.25) is 14.2 Å². The molecule has 1 saturated heterocycles. The number of carbonyl (C=O) groups excluding carboxylic acids is 1. The molecule has 7 nitrogen and oxygen atoms in total. The van der Waals surface area contributed by atoms with Crippen LogP contribution in [0.2, 0.25) is 5.02 Å². The van der Waals surface area contributed by atoms with Crippen molar-refractivity contribution in [2.45, 2.75) is 30.6 Å². The van der Waals surface area contributed by atoms with Crippen molar-refractivity contribution in [3.05, 3.63) is 70.0 Å². The quantitative estimate of drug-likeness (QED) is 0.284. The normalized spacial score (nSPS) is 17.2. The first-order valence-electron chi connectivity index (χ1n) is 11.2. The second-order valence-electron chi connectivity index (χ2n) is 8.20. The number of nitrogens with zero attached hydrogens (tertiary/aromatic N) is 3. The van der Waals surface area contributed by atoms with Gasteiger partial charge in [0.1, 0.15) is 13.2 Å². The summed E-state index contributed by atoms with van der Waals surface area (Å²) in [5.74, 6) is 1.65. The van der Waals surface area contributed by atoms with Crippen molar-refractivity contribution in [3.8, 4) is 11.5 Å². The van der Waals surface area contributed by atoms with Gasteiger partial charge in [-0.1, -0.05) is 35.5 Å². The highest BCUT2D eigenvalue weighted by atomic mass is 35.5. The van der Waals surface area contributed by atoms with E-state index < -0.39 is 0 Å². The van der Waals surface area contributed by atoms with E-state index >= 15 is 0 Å². The Morgan fingerprint density at radius 1 is 1.21 bits per heavy atom. The number of hydrogen-bond donors (Lipinski definition) is 0. The van der Waals surface area contributed by atoms with Gasteiger partial charge in [0.15, 0.2) is 16.7 Å². The number of rotatable bonds is 6. The van der Waals surface area contributed by atoms with Crippen LogP contribution in [0.15, 0.2) is 59.0 Å². The summed E-state index contributed by atoms with van der Waals surface area (Å²) in [4.78, 5) is 32.8. The fraction of sp³-hybridized carbons (Fsp3) is 0.320. The van der Waals surface area contributed by atoms with Crippen molar-refractivity contribution in [1.29, 1.82) is 0 Å². The summed E-state index contributed by atoms with van der Waals surface area (Å²) in [6.45, 7) is 5.83. The monoisotopic (exact) mass is 497 g/mol. The van der Waals surface area contributed by atoms with Crippen molar-refractivity contribution in [3.63, 3.8) is 0 Å². The minimum absolute atomic E-state index is 0.00739. The molecule has 2 aromatic carbocycles. The third-order valence-corrected chi connectivity index (χ3v) is 7.24. The highest BCUT2D eigenvalue weighted by molar-refractivity contribution is 7.99. The molecule has 1 aromatic heterocycles. The van der Waals surface area contributed by atoms with Gasteiger partial charge in [0, 0.05) is 18.1 Å². The summed E-state index contributed by atoms with van der Waals surface area (Å²) in [7, 11) is 0. The number of ether oxygens (including phenoxy) is 2. The molecule has 1 atom stereocenters. The van der Waals surface area contributed by atoms with Crippen LogP contribution in [-0.4, -0.2) is 45.9 Å². The van der Waals surface area contributed by atoms with Crippen LogP contribution < -0.4 is 15.0 Å². The first-order chi connectivity index (χ1) is 16.5. The van der Waals surface area contributed by atoms with E-state index in [1.165, 1.54) is 11.8 Å². The average Bonchev–Trinajstić information content (AvgIpc) is 3.34. The number of benzene rings is 2. The van der Waals surface area contributed by atoms with E-state index in [1.54, 1.807) is 28.8 Å². The molecule has 176 valence electrons. The van der Waals surface area contributed by atoms with E-state index in [0.29, 0.717) is 47.4 Å². The predicted octanol–water partition coefficient (Wildman–Crippen LogP) is 4.46. The lowest BCUT2D eigenvalue weighted by Crippen LogP contribution is -2.32. The highest BCUT2D eigenvalue weighted by Gasteiger charge is 2.31.